The summed E-state index contributed by atoms with van der Waals surface area (Å²) in [7, 11) is 3.03. The molecule has 0 bridgehead atoms. The zero-order valence-electron chi connectivity index (χ0n) is 16.3. The van der Waals surface area contributed by atoms with Crippen molar-refractivity contribution in [2.24, 2.45) is 0 Å². The van der Waals surface area contributed by atoms with E-state index in [-0.39, 0.29) is 30.7 Å². The summed E-state index contributed by atoms with van der Waals surface area (Å²) in [6.45, 7) is 0.341. The van der Waals surface area contributed by atoms with Crippen LogP contribution in [0.25, 0.3) is 11.4 Å². The number of aromatic nitrogens is 2. The van der Waals surface area contributed by atoms with E-state index in [0.29, 0.717) is 27.6 Å². The summed E-state index contributed by atoms with van der Waals surface area (Å²) in [5, 5.41) is 9.50. The monoisotopic (exact) mass is 430 g/mol. The molecule has 3 rings (SSSR count). The lowest BCUT2D eigenvalue weighted by Gasteiger charge is -2.09. The van der Waals surface area contributed by atoms with Crippen LogP contribution >= 0.6 is 11.6 Å². The number of methoxy groups -OCH3 is 2. The molecule has 0 unspecified atom stereocenters. The lowest BCUT2D eigenvalue weighted by atomic mass is 10.2. The van der Waals surface area contributed by atoms with Gasteiger partial charge in [0.1, 0.15) is 11.5 Å². The third kappa shape index (κ3) is 5.06. The van der Waals surface area contributed by atoms with Gasteiger partial charge >= 0.3 is 11.8 Å². The van der Waals surface area contributed by atoms with Crippen molar-refractivity contribution in [3.05, 3.63) is 58.9 Å². The van der Waals surface area contributed by atoms with Gasteiger partial charge in [0.15, 0.2) is 0 Å². The zero-order chi connectivity index (χ0) is 21.5. The molecule has 0 spiro atoms. The van der Waals surface area contributed by atoms with E-state index < -0.39 is 5.91 Å². The lowest BCUT2D eigenvalue weighted by molar-refractivity contribution is 0.0897. The molecule has 9 nitrogen and oxygen atoms in total. The van der Waals surface area contributed by atoms with Gasteiger partial charge in [-0.15, -0.1) is 0 Å². The van der Waals surface area contributed by atoms with Crippen molar-refractivity contribution in [2.75, 3.05) is 27.3 Å². The Morgan fingerprint density at radius 2 is 1.70 bits per heavy atom. The first kappa shape index (κ1) is 21.1. The minimum atomic E-state index is -0.545. The van der Waals surface area contributed by atoms with Crippen molar-refractivity contribution in [3.8, 4) is 22.9 Å². The minimum Gasteiger partial charge on any atom is -0.497 e. The molecule has 0 radical (unpaired) electrons. The average molecular weight is 431 g/mol. The highest BCUT2D eigenvalue weighted by atomic mass is 35.5. The number of hydrogen-bond donors (Lipinski definition) is 2. The zero-order valence-corrected chi connectivity index (χ0v) is 17.0. The first-order chi connectivity index (χ1) is 14.5. The van der Waals surface area contributed by atoms with E-state index >= 15 is 0 Å². The fraction of sp³-hybridized carbons (Fsp3) is 0.200. The summed E-state index contributed by atoms with van der Waals surface area (Å²) in [4.78, 5) is 28.5. The molecule has 1 heterocycles. The number of ether oxygens (including phenoxy) is 2. The molecule has 156 valence electrons. The van der Waals surface area contributed by atoms with Crippen LogP contribution in [0.1, 0.15) is 21.0 Å². The Morgan fingerprint density at radius 3 is 2.37 bits per heavy atom. The Bertz CT molecular complexity index is 1040. The van der Waals surface area contributed by atoms with Crippen LogP contribution in [-0.4, -0.2) is 49.3 Å². The molecule has 0 aliphatic rings. The Balaban J connectivity index is 1.51. The molecule has 2 amide bonds. The smallest absolute Gasteiger partial charge is 0.316 e. The third-order valence-corrected chi connectivity index (χ3v) is 4.31. The standard InChI is InChI=1S/C20H19ClN4O5/c1-28-14-6-3-12(4-7-14)17-24-20(30-25-17)19(27)23-10-9-22-18(26)15-11-13(21)5-8-16(15)29-2/h3-8,11H,9-10H2,1-2H3,(H,22,26)(H,23,27). The van der Waals surface area contributed by atoms with Gasteiger partial charge in [0.25, 0.3) is 5.91 Å². The van der Waals surface area contributed by atoms with Crippen molar-refractivity contribution in [1.82, 2.24) is 20.8 Å². The van der Waals surface area contributed by atoms with Gasteiger partial charge in [-0.1, -0.05) is 16.8 Å². The Kier molecular flexibility index (Phi) is 6.87. The fourth-order valence-corrected chi connectivity index (χ4v) is 2.73. The molecule has 1 aromatic heterocycles. The van der Waals surface area contributed by atoms with E-state index in [4.69, 9.17) is 25.6 Å². The average Bonchev–Trinajstić information content (AvgIpc) is 3.27. The number of hydrogen-bond acceptors (Lipinski definition) is 7. The summed E-state index contributed by atoms with van der Waals surface area (Å²) < 4.78 is 15.3. The fourth-order valence-electron chi connectivity index (χ4n) is 2.55. The second-order valence-corrected chi connectivity index (χ2v) is 6.44. The molecule has 30 heavy (non-hydrogen) atoms. The molecule has 3 aromatic rings. The van der Waals surface area contributed by atoms with E-state index in [1.807, 2.05) is 0 Å². The van der Waals surface area contributed by atoms with Crippen molar-refractivity contribution >= 4 is 23.4 Å². The van der Waals surface area contributed by atoms with E-state index in [1.165, 1.54) is 13.2 Å². The van der Waals surface area contributed by atoms with Gasteiger partial charge in [-0.2, -0.15) is 4.98 Å². The van der Waals surface area contributed by atoms with Gasteiger partial charge in [-0.05, 0) is 42.5 Å². The summed E-state index contributed by atoms with van der Waals surface area (Å²) in [5.41, 5.74) is 0.985. The van der Waals surface area contributed by atoms with Crippen LogP contribution in [-0.2, 0) is 0 Å². The number of benzene rings is 2. The predicted molar refractivity (Wildman–Crippen MR) is 109 cm³/mol. The largest absolute Gasteiger partial charge is 0.497 e. The Hall–Kier alpha value is -3.59. The van der Waals surface area contributed by atoms with Gasteiger partial charge < -0.3 is 24.6 Å². The highest BCUT2D eigenvalue weighted by Crippen LogP contribution is 2.22. The van der Waals surface area contributed by atoms with Crippen LogP contribution in [0.4, 0.5) is 0 Å². The van der Waals surface area contributed by atoms with Gasteiger partial charge in [0, 0.05) is 23.7 Å². The molecule has 0 fully saturated rings. The second-order valence-electron chi connectivity index (χ2n) is 6.01. The van der Waals surface area contributed by atoms with Crippen molar-refractivity contribution in [3.63, 3.8) is 0 Å². The van der Waals surface area contributed by atoms with E-state index in [1.54, 1.807) is 43.5 Å². The number of nitrogens with one attached hydrogen (secondary N) is 2. The molecule has 2 N–H and O–H groups in total. The van der Waals surface area contributed by atoms with Gasteiger partial charge in [-0.25, -0.2) is 0 Å². The first-order valence-corrected chi connectivity index (χ1v) is 9.27. The predicted octanol–water partition coefficient (Wildman–Crippen LogP) is 2.57. The molecule has 2 aromatic carbocycles. The maximum absolute atomic E-state index is 12.3. The first-order valence-electron chi connectivity index (χ1n) is 8.90. The van der Waals surface area contributed by atoms with Crippen LogP contribution in [0.15, 0.2) is 47.0 Å². The molecule has 10 heteroatoms. The molecule has 0 aliphatic carbocycles. The minimum absolute atomic E-state index is 0.160. The highest BCUT2D eigenvalue weighted by Gasteiger charge is 2.16. The quantitative estimate of drug-likeness (QED) is 0.527. The van der Waals surface area contributed by atoms with Crippen molar-refractivity contribution in [2.45, 2.75) is 0 Å². The molecule has 0 saturated carbocycles. The van der Waals surface area contributed by atoms with Gasteiger partial charge in [0.05, 0.1) is 19.8 Å². The molecule has 0 saturated heterocycles. The summed E-state index contributed by atoms with van der Waals surface area (Å²) in [6, 6.07) is 11.8. The van der Waals surface area contributed by atoms with Crippen LogP contribution in [0, 0.1) is 0 Å². The summed E-state index contributed by atoms with van der Waals surface area (Å²) >= 11 is 5.93. The number of nitrogens with zero attached hydrogens (tertiary/aromatic N) is 2. The molecular formula is C20H19ClN4O5. The molecule has 0 atom stereocenters. The summed E-state index contributed by atoms with van der Waals surface area (Å²) in [5.74, 6) is 0.281. The number of carbonyl (C=O) groups is 2. The molecule has 0 aliphatic heterocycles. The van der Waals surface area contributed by atoms with E-state index in [0.717, 1.165) is 0 Å². The number of carbonyl (C=O) groups excluding carboxylic acids is 2. The lowest BCUT2D eigenvalue weighted by Crippen LogP contribution is -2.35. The highest BCUT2D eigenvalue weighted by molar-refractivity contribution is 6.31. The maximum Gasteiger partial charge on any atom is 0.316 e. The van der Waals surface area contributed by atoms with Crippen LogP contribution < -0.4 is 20.1 Å². The SMILES string of the molecule is COc1ccc(-c2noc(C(=O)NCCNC(=O)c3cc(Cl)ccc3OC)n2)cc1. The van der Waals surface area contributed by atoms with Crippen LogP contribution in [0.3, 0.4) is 0 Å². The van der Waals surface area contributed by atoms with Crippen molar-refractivity contribution < 1.29 is 23.6 Å². The Labute approximate surface area is 177 Å². The second kappa shape index (κ2) is 9.75. The van der Waals surface area contributed by atoms with Crippen LogP contribution in [0.2, 0.25) is 5.02 Å². The van der Waals surface area contributed by atoms with E-state index in [9.17, 15) is 9.59 Å². The maximum atomic E-state index is 12.3. The van der Waals surface area contributed by atoms with E-state index in [2.05, 4.69) is 20.8 Å². The third-order valence-electron chi connectivity index (χ3n) is 4.07. The number of rotatable bonds is 8. The Morgan fingerprint density at radius 1 is 1.00 bits per heavy atom. The summed E-state index contributed by atoms with van der Waals surface area (Å²) in [6.07, 6.45) is 0. The topological polar surface area (TPSA) is 116 Å². The number of amides is 2. The van der Waals surface area contributed by atoms with Crippen LogP contribution in [0.5, 0.6) is 11.5 Å². The normalized spacial score (nSPS) is 10.4. The van der Waals surface area contributed by atoms with Gasteiger partial charge in [-0.3, -0.25) is 9.59 Å². The van der Waals surface area contributed by atoms with Crippen molar-refractivity contribution in [1.29, 1.82) is 0 Å². The number of halogens is 1. The molecular weight excluding hydrogens is 412 g/mol. The van der Waals surface area contributed by atoms with Gasteiger partial charge in [0.2, 0.25) is 5.82 Å².